The molecule has 0 bridgehead atoms. The van der Waals surface area contributed by atoms with Crippen molar-refractivity contribution in [2.75, 3.05) is 13.1 Å². The van der Waals surface area contributed by atoms with Crippen molar-refractivity contribution in [3.05, 3.63) is 70.8 Å². The van der Waals surface area contributed by atoms with Crippen molar-refractivity contribution < 1.29 is 4.79 Å². The van der Waals surface area contributed by atoms with E-state index in [0.717, 1.165) is 30.0 Å². The fourth-order valence-electron chi connectivity index (χ4n) is 3.70. The zero-order valence-electron chi connectivity index (χ0n) is 16.9. The Hall–Kier alpha value is -2.13. The molecule has 0 radical (unpaired) electrons. The molecule has 1 saturated heterocycles. The number of nitrogens with one attached hydrogen (secondary N) is 1. The zero-order chi connectivity index (χ0) is 19.2. The highest BCUT2D eigenvalue weighted by Crippen LogP contribution is 2.20. The number of aryl methyl sites for hydroxylation is 1. The van der Waals surface area contributed by atoms with E-state index < -0.39 is 0 Å². The molecular formula is C24H32N2O. The lowest BCUT2D eigenvalue weighted by molar-refractivity contribution is 0.0935. The van der Waals surface area contributed by atoms with Gasteiger partial charge in [0.25, 0.3) is 5.91 Å². The number of nitrogens with zero attached hydrogens (tertiary/aromatic N) is 1. The monoisotopic (exact) mass is 364 g/mol. The van der Waals surface area contributed by atoms with Crippen LogP contribution in [0.1, 0.15) is 66.2 Å². The third kappa shape index (κ3) is 5.43. The van der Waals surface area contributed by atoms with Crippen LogP contribution in [0.25, 0.3) is 0 Å². The highest BCUT2D eigenvalue weighted by atomic mass is 16.1. The predicted molar refractivity (Wildman–Crippen MR) is 112 cm³/mol. The Bertz CT molecular complexity index is 728. The minimum atomic E-state index is 0.000715. The van der Waals surface area contributed by atoms with Crippen molar-refractivity contribution in [2.24, 2.45) is 5.92 Å². The Balaban J connectivity index is 1.58. The first-order valence-electron chi connectivity index (χ1n) is 10.2. The quantitative estimate of drug-likeness (QED) is 0.773. The maximum absolute atomic E-state index is 12.7. The second-order valence-electron chi connectivity index (χ2n) is 8.00. The molecule has 0 aliphatic carbocycles. The van der Waals surface area contributed by atoms with Crippen molar-refractivity contribution >= 4 is 5.91 Å². The summed E-state index contributed by atoms with van der Waals surface area (Å²) >= 11 is 0. The number of piperidine rings is 1. The van der Waals surface area contributed by atoms with Gasteiger partial charge in [0.15, 0.2) is 0 Å². The molecule has 1 aliphatic rings. The van der Waals surface area contributed by atoms with Crippen LogP contribution in [0, 0.1) is 12.8 Å². The summed E-state index contributed by atoms with van der Waals surface area (Å²) in [6, 6.07) is 16.6. The fourth-order valence-corrected chi connectivity index (χ4v) is 3.70. The van der Waals surface area contributed by atoms with Crippen molar-refractivity contribution in [3.63, 3.8) is 0 Å². The number of rotatable bonds is 6. The molecule has 1 N–H and O–H groups in total. The molecule has 3 heteroatoms. The summed E-state index contributed by atoms with van der Waals surface area (Å²) in [6.45, 7) is 9.86. The van der Waals surface area contributed by atoms with E-state index in [-0.39, 0.29) is 11.9 Å². The minimum absolute atomic E-state index is 0.000715. The second kappa shape index (κ2) is 9.18. The van der Waals surface area contributed by atoms with E-state index in [4.69, 9.17) is 0 Å². The molecule has 0 spiro atoms. The molecule has 1 aliphatic heterocycles. The molecule has 0 aromatic heterocycles. The van der Waals surface area contributed by atoms with Gasteiger partial charge < -0.3 is 5.32 Å². The van der Waals surface area contributed by atoms with E-state index in [1.165, 1.54) is 37.1 Å². The van der Waals surface area contributed by atoms with Gasteiger partial charge in [-0.1, -0.05) is 55.8 Å². The Labute approximate surface area is 163 Å². The van der Waals surface area contributed by atoms with Gasteiger partial charge in [0.2, 0.25) is 0 Å². The lowest BCUT2D eigenvalue weighted by atomic mass is 9.98. The average Bonchev–Trinajstić information content (AvgIpc) is 2.69. The molecule has 1 fully saturated rings. The number of hydrogen-bond donors (Lipinski definition) is 1. The van der Waals surface area contributed by atoms with Crippen molar-refractivity contribution in [3.8, 4) is 0 Å². The summed E-state index contributed by atoms with van der Waals surface area (Å²) in [5.74, 6) is 0.855. The van der Waals surface area contributed by atoms with E-state index in [1.807, 2.05) is 12.1 Å². The van der Waals surface area contributed by atoms with Crippen LogP contribution in [0.5, 0.6) is 0 Å². The molecule has 1 amide bonds. The van der Waals surface area contributed by atoms with E-state index in [0.29, 0.717) is 0 Å². The van der Waals surface area contributed by atoms with Crippen LogP contribution >= 0.6 is 0 Å². The zero-order valence-corrected chi connectivity index (χ0v) is 16.9. The number of likely N-dealkylation sites (tertiary alicyclic amines) is 1. The summed E-state index contributed by atoms with van der Waals surface area (Å²) in [7, 11) is 0. The Morgan fingerprint density at radius 2 is 1.70 bits per heavy atom. The molecule has 144 valence electrons. The van der Waals surface area contributed by atoms with Gasteiger partial charge in [-0.3, -0.25) is 9.69 Å². The lowest BCUT2D eigenvalue weighted by Crippen LogP contribution is -2.32. The van der Waals surface area contributed by atoms with Crippen molar-refractivity contribution in [1.29, 1.82) is 0 Å². The van der Waals surface area contributed by atoms with E-state index in [9.17, 15) is 4.79 Å². The molecular weight excluding hydrogens is 332 g/mol. The third-order valence-electron chi connectivity index (χ3n) is 5.69. The molecule has 0 unspecified atom stereocenters. The summed E-state index contributed by atoms with van der Waals surface area (Å²) in [5.41, 5.74) is 4.41. The van der Waals surface area contributed by atoms with Gasteiger partial charge in [0.1, 0.15) is 0 Å². The largest absolute Gasteiger partial charge is 0.345 e. The number of amides is 1. The Kier molecular flexibility index (Phi) is 6.68. The van der Waals surface area contributed by atoms with Crippen LogP contribution in [0.3, 0.4) is 0 Å². The second-order valence-corrected chi connectivity index (χ2v) is 8.00. The van der Waals surface area contributed by atoms with Gasteiger partial charge >= 0.3 is 0 Å². The first-order valence-corrected chi connectivity index (χ1v) is 10.2. The van der Waals surface area contributed by atoms with E-state index >= 15 is 0 Å². The van der Waals surface area contributed by atoms with Gasteiger partial charge in [-0.2, -0.15) is 0 Å². The van der Waals surface area contributed by atoms with Crippen LogP contribution in [0.4, 0.5) is 0 Å². The van der Waals surface area contributed by atoms with Gasteiger partial charge in [0, 0.05) is 12.1 Å². The van der Waals surface area contributed by atoms with E-state index in [1.54, 1.807) is 0 Å². The Morgan fingerprint density at radius 1 is 1.07 bits per heavy atom. The molecule has 0 saturated carbocycles. The van der Waals surface area contributed by atoms with Gasteiger partial charge in [-0.05, 0) is 68.5 Å². The molecule has 1 atom stereocenters. The summed E-state index contributed by atoms with van der Waals surface area (Å²) in [5, 5.41) is 3.18. The molecule has 27 heavy (non-hydrogen) atoms. The summed E-state index contributed by atoms with van der Waals surface area (Å²) in [4.78, 5) is 15.2. The topological polar surface area (TPSA) is 32.3 Å². The molecule has 2 aromatic rings. The number of benzene rings is 2. The van der Waals surface area contributed by atoms with Crippen LogP contribution in [0.15, 0.2) is 48.5 Å². The molecule has 1 heterocycles. The van der Waals surface area contributed by atoms with Crippen molar-refractivity contribution in [1.82, 2.24) is 10.2 Å². The number of carbonyl (C=O) groups excluding carboxylic acids is 1. The van der Waals surface area contributed by atoms with Gasteiger partial charge in [-0.25, -0.2) is 0 Å². The first kappa shape index (κ1) is 19.6. The maximum Gasteiger partial charge on any atom is 0.251 e. The lowest BCUT2D eigenvalue weighted by Gasteiger charge is -2.30. The molecule has 2 aromatic carbocycles. The standard InChI is InChI=1S/C24H32N2O/c1-4-23(21-9-5-18(2)6-10-21)25-24(27)22-11-7-20(8-12-22)17-26-15-13-19(3)14-16-26/h5-12,19,23H,4,13-17H2,1-3H3,(H,25,27)/t23-/m0/s1. The predicted octanol–water partition coefficient (Wildman–Crippen LogP) is 5.11. The fraction of sp³-hybridized carbons (Fsp3) is 0.458. The maximum atomic E-state index is 12.7. The van der Waals surface area contributed by atoms with Crippen LogP contribution < -0.4 is 5.32 Å². The number of carbonyl (C=O) groups is 1. The summed E-state index contributed by atoms with van der Waals surface area (Å²) in [6.07, 6.45) is 3.45. The highest BCUT2D eigenvalue weighted by Gasteiger charge is 2.17. The average molecular weight is 365 g/mol. The number of hydrogen-bond acceptors (Lipinski definition) is 2. The van der Waals surface area contributed by atoms with Crippen LogP contribution in [-0.4, -0.2) is 23.9 Å². The van der Waals surface area contributed by atoms with E-state index in [2.05, 4.69) is 67.4 Å². The van der Waals surface area contributed by atoms with Crippen LogP contribution in [0.2, 0.25) is 0 Å². The normalized spacial score (nSPS) is 16.9. The molecule has 3 nitrogen and oxygen atoms in total. The van der Waals surface area contributed by atoms with Crippen LogP contribution in [-0.2, 0) is 6.54 Å². The van der Waals surface area contributed by atoms with Crippen molar-refractivity contribution in [2.45, 2.75) is 52.6 Å². The first-order chi connectivity index (χ1) is 13.0. The van der Waals surface area contributed by atoms with Gasteiger partial charge in [0.05, 0.1) is 6.04 Å². The highest BCUT2D eigenvalue weighted by molar-refractivity contribution is 5.94. The smallest absolute Gasteiger partial charge is 0.251 e. The molecule has 3 rings (SSSR count). The summed E-state index contributed by atoms with van der Waals surface area (Å²) < 4.78 is 0. The van der Waals surface area contributed by atoms with Gasteiger partial charge in [-0.15, -0.1) is 0 Å². The third-order valence-corrected chi connectivity index (χ3v) is 5.69. The minimum Gasteiger partial charge on any atom is -0.345 e. The Morgan fingerprint density at radius 3 is 2.30 bits per heavy atom. The SMILES string of the molecule is CC[C@H](NC(=O)c1ccc(CN2CCC(C)CC2)cc1)c1ccc(C)cc1.